The zero-order valence-corrected chi connectivity index (χ0v) is 10.7. The largest absolute Gasteiger partial charge is 0.486 e. The van der Waals surface area contributed by atoms with E-state index < -0.39 is 17.2 Å². The van der Waals surface area contributed by atoms with Gasteiger partial charge in [0.05, 0.1) is 6.26 Å². The van der Waals surface area contributed by atoms with Gasteiger partial charge in [0.1, 0.15) is 29.3 Å². The number of ether oxygens (including phenoxy) is 1. The van der Waals surface area contributed by atoms with Crippen molar-refractivity contribution in [2.45, 2.75) is 6.61 Å². The summed E-state index contributed by atoms with van der Waals surface area (Å²) in [5, 5.41) is 9.39. The molecule has 0 saturated heterocycles. The summed E-state index contributed by atoms with van der Waals surface area (Å²) in [6.07, 6.45) is 1.55. The molecule has 0 atom stereocenters. The van der Waals surface area contributed by atoms with Gasteiger partial charge >= 0.3 is 11.6 Å². The Hall–Kier alpha value is -3.02. The maximum Gasteiger partial charge on any atom is 0.351 e. The number of carboxylic acid groups (broad SMARTS) is 1. The molecule has 3 rings (SSSR count). The highest BCUT2D eigenvalue weighted by Crippen LogP contribution is 2.21. The van der Waals surface area contributed by atoms with E-state index in [2.05, 4.69) is 0 Å². The molecular weight excluding hydrogens is 276 g/mol. The Kier molecular flexibility index (Phi) is 3.19. The molecule has 6 nitrogen and oxygen atoms in total. The van der Waals surface area contributed by atoms with Crippen LogP contribution < -0.4 is 10.4 Å². The van der Waals surface area contributed by atoms with Crippen molar-refractivity contribution in [2.24, 2.45) is 0 Å². The van der Waals surface area contributed by atoms with Crippen molar-refractivity contribution < 1.29 is 23.5 Å². The first-order valence-corrected chi connectivity index (χ1v) is 6.10. The van der Waals surface area contributed by atoms with Gasteiger partial charge in [-0.1, -0.05) is 0 Å². The third-order valence-electron chi connectivity index (χ3n) is 2.90. The van der Waals surface area contributed by atoms with Gasteiger partial charge in [-0.15, -0.1) is 0 Å². The number of hydrogen-bond acceptors (Lipinski definition) is 5. The van der Waals surface area contributed by atoms with Gasteiger partial charge in [-0.3, -0.25) is 0 Å². The molecule has 0 aliphatic heterocycles. The first-order chi connectivity index (χ1) is 10.1. The average Bonchev–Trinajstić information content (AvgIpc) is 2.97. The summed E-state index contributed by atoms with van der Waals surface area (Å²) in [5.41, 5.74) is -1.02. The summed E-state index contributed by atoms with van der Waals surface area (Å²) in [6, 6.07) is 9.63. The fourth-order valence-corrected chi connectivity index (χ4v) is 1.88. The van der Waals surface area contributed by atoms with Crippen molar-refractivity contribution in [3.05, 3.63) is 64.4 Å². The van der Waals surface area contributed by atoms with Gasteiger partial charge in [0.2, 0.25) is 0 Å². The third-order valence-corrected chi connectivity index (χ3v) is 2.90. The zero-order valence-electron chi connectivity index (χ0n) is 10.7. The SMILES string of the molecule is O=C(O)c1cc2ccc(OCc3ccco3)cc2oc1=O. The highest BCUT2D eigenvalue weighted by atomic mass is 16.5. The molecule has 21 heavy (non-hydrogen) atoms. The number of benzene rings is 1. The zero-order chi connectivity index (χ0) is 14.8. The summed E-state index contributed by atoms with van der Waals surface area (Å²) < 4.78 is 15.6. The summed E-state index contributed by atoms with van der Waals surface area (Å²) >= 11 is 0. The normalized spacial score (nSPS) is 10.7. The Balaban J connectivity index is 1.91. The molecule has 1 aromatic carbocycles. The van der Waals surface area contributed by atoms with Gasteiger partial charge < -0.3 is 18.7 Å². The minimum atomic E-state index is -1.32. The molecular formula is C15H10O6. The minimum absolute atomic E-state index is 0.246. The highest BCUT2D eigenvalue weighted by molar-refractivity contribution is 5.91. The molecule has 0 bridgehead atoms. The lowest BCUT2D eigenvalue weighted by molar-refractivity contribution is 0.0692. The van der Waals surface area contributed by atoms with Gasteiger partial charge in [0.15, 0.2) is 0 Å². The Morgan fingerprint density at radius 3 is 2.81 bits per heavy atom. The molecule has 0 radical (unpaired) electrons. The number of rotatable bonds is 4. The number of carboxylic acids is 1. The van der Waals surface area contributed by atoms with E-state index in [1.165, 1.54) is 12.1 Å². The van der Waals surface area contributed by atoms with Crippen LogP contribution in [-0.4, -0.2) is 11.1 Å². The second-order valence-corrected chi connectivity index (χ2v) is 4.32. The Bertz CT molecular complexity index is 844. The van der Waals surface area contributed by atoms with Crippen LogP contribution >= 0.6 is 0 Å². The smallest absolute Gasteiger partial charge is 0.351 e. The van der Waals surface area contributed by atoms with E-state index in [1.807, 2.05) is 0 Å². The quantitative estimate of drug-likeness (QED) is 0.741. The molecule has 1 N–H and O–H groups in total. The summed E-state index contributed by atoms with van der Waals surface area (Å²) in [4.78, 5) is 22.4. The van der Waals surface area contributed by atoms with Crippen LogP contribution in [0.1, 0.15) is 16.1 Å². The number of furan rings is 1. The molecule has 6 heteroatoms. The maximum atomic E-state index is 11.5. The van der Waals surface area contributed by atoms with Crippen molar-refractivity contribution in [1.29, 1.82) is 0 Å². The van der Waals surface area contributed by atoms with E-state index in [0.717, 1.165) is 0 Å². The molecule has 0 saturated carbocycles. The first kappa shape index (κ1) is 13.0. The second kappa shape index (κ2) is 5.16. The van der Waals surface area contributed by atoms with Crippen LogP contribution in [0.15, 0.2) is 56.3 Å². The molecule has 106 valence electrons. The Morgan fingerprint density at radius 1 is 1.24 bits per heavy atom. The summed E-state index contributed by atoms with van der Waals surface area (Å²) in [6.45, 7) is 0.246. The second-order valence-electron chi connectivity index (χ2n) is 4.32. The van der Waals surface area contributed by atoms with E-state index in [1.54, 1.807) is 30.5 Å². The van der Waals surface area contributed by atoms with Gasteiger partial charge in [-0.2, -0.15) is 0 Å². The number of carbonyl (C=O) groups is 1. The monoisotopic (exact) mass is 286 g/mol. The van der Waals surface area contributed by atoms with Crippen LogP contribution in [-0.2, 0) is 6.61 Å². The molecule has 0 unspecified atom stereocenters. The van der Waals surface area contributed by atoms with Crippen LogP contribution in [0, 0.1) is 0 Å². The number of fused-ring (bicyclic) bond motifs is 1. The van der Waals surface area contributed by atoms with E-state index in [9.17, 15) is 9.59 Å². The predicted octanol–water partition coefficient (Wildman–Crippen LogP) is 2.66. The third kappa shape index (κ3) is 2.64. The Morgan fingerprint density at radius 2 is 2.10 bits per heavy atom. The van der Waals surface area contributed by atoms with Gasteiger partial charge in [-0.05, 0) is 30.3 Å². The fraction of sp³-hybridized carbons (Fsp3) is 0.0667. The van der Waals surface area contributed by atoms with Gasteiger partial charge in [0, 0.05) is 11.5 Å². The van der Waals surface area contributed by atoms with Crippen molar-refractivity contribution in [3.63, 3.8) is 0 Å². The topological polar surface area (TPSA) is 89.9 Å². The number of aromatic carboxylic acids is 1. The van der Waals surface area contributed by atoms with Gasteiger partial charge in [0.25, 0.3) is 0 Å². The van der Waals surface area contributed by atoms with Crippen LogP contribution in [0.2, 0.25) is 0 Å². The van der Waals surface area contributed by atoms with Crippen molar-refractivity contribution >= 4 is 16.9 Å². The first-order valence-electron chi connectivity index (χ1n) is 6.10. The van der Waals surface area contributed by atoms with Crippen molar-refractivity contribution in [1.82, 2.24) is 0 Å². The Labute approximate surface area is 118 Å². The molecule has 0 fully saturated rings. The molecule has 2 aromatic heterocycles. The van der Waals surface area contributed by atoms with E-state index >= 15 is 0 Å². The molecule has 0 aliphatic rings. The predicted molar refractivity (Wildman–Crippen MR) is 72.5 cm³/mol. The summed E-state index contributed by atoms with van der Waals surface area (Å²) in [5.74, 6) is -0.160. The van der Waals surface area contributed by atoms with E-state index in [-0.39, 0.29) is 12.2 Å². The fourth-order valence-electron chi connectivity index (χ4n) is 1.88. The van der Waals surface area contributed by atoms with Crippen molar-refractivity contribution in [2.75, 3.05) is 0 Å². The van der Waals surface area contributed by atoms with Crippen LogP contribution in [0.25, 0.3) is 11.0 Å². The maximum absolute atomic E-state index is 11.5. The molecule has 2 heterocycles. The molecule has 0 amide bonds. The van der Waals surface area contributed by atoms with Gasteiger partial charge in [-0.25, -0.2) is 9.59 Å². The highest BCUT2D eigenvalue weighted by Gasteiger charge is 2.12. The molecule has 3 aromatic rings. The van der Waals surface area contributed by atoms with Crippen LogP contribution in [0.4, 0.5) is 0 Å². The van der Waals surface area contributed by atoms with E-state index in [0.29, 0.717) is 16.9 Å². The summed E-state index contributed by atoms with van der Waals surface area (Å²) in [7, 11) is 0. The lowest BCUT2D eigenvalue weighted by Gasteiger charge is -2.05. The molecule has 0 aliphatic carbocycles. The van der Waals surface area contributed by atoms with Crippen LogP contribution in [0.3, 0.4) is 0 Å². The number of hydrogen-bond donors (Lipinski definition) is 1. The van der Waals surface area contributed by atoms with Crippen molar-refractivity contribution in [3.8, 4) is 5.75 Å². The minimum Gasteiger partial charge on any atom is -0.486 e. The standard InChI is InChI=1S/C15H10O6/c16-14(17)12-6-9-3-4-10(7-13(9)21-15(12)18)20-8-11-2-1-5-19-11/h1-7H,8H2,(H,16,17). The average molecular weight is 286 g/mol. The lowest BCUT2D eigenvalue weighted by atomic mass is 10.2. The molecule has 0 spiro atoms. The lowest BCUT2D eigenvalue weighted by Crippen LogP contribution is -2.12. The van der Waals surface area contributed by atoms with Crippen LogP contribution in [0.5, 0.6) is 5.75 Å². The van der Waals surface area contributed by atoms with E-state index in [4.69, 9.17) is 18.7 Å².